The monoisotopic (exact) mass is 258 g/mol. The number of thioether (sulfide) groups is 1. The molecule has 1 rings (SSSR count). The van der Waals surface area contributed by atoms with Gasteiger partial charge in [-0.1, -0.05) is 39.5 Å². The van der Waals surface area contributed by atoms with Crippen LogP contribution in [-0.2, 0) is 6.54 Å². The summed E-state index contributed by atoms with van der Waals surface area (Å²) < 4.78 is 1.68. The van der Waals surface area contributed by atoms with Gasteiger partial charge in [0.05, 0.1) is 0 Å². The van der Waals surface area contributed by atoms with Gasteiger partial charge in [-0.2, -0.15) is 0 Å². The van der Waals surface area contributed by atoms with E-state index in [-0.39, 0.29) is 16.4 Å². The van der Waals surface area contributed by atoms with Gasteiger partial charge >= 0.3 is 5.69 Å². The van der Waals surface area contributed by atoms with Crippen LogP contribution < -0.4 is 11.4 Å². The van der Waals surface area contributed by atoms with E-state index in [2.05, 4.69) is 31.0 Å². The normalized spacial score (nSPS) is 13.9. The Balaban J connectivity index is 2.90. The topological polar surface area (TPSA) is 76.7 Å². The molecule has 1 aromatic heterocycles. The third-order valence-electron chi connectivity index (χ3n) is 2.60. The van der Waals surface area contributed by atoms with E-state index in [1.165, 1.54) is 0 Å². The second-order valence-electron chi connectivity index (χ2n) is 5.17. The zero-order valence-electron chi connectivity index (χ0n) is 11.0. The molecule has 0 fully saturated rings. The first-order valence-electron chi connectivity index (χ1n) is 5.92. The fraction of sp³-hybridized carbons (Fsp3) is 0.818. The minimum Gasteiger partial charge on any atom is -0.329 e. The summed E-state index contributed by atoms with van der Waals surface area (Å²) in [6.07, 6.45) is 0.913. The fourth-order valence-corrected chi connectivity index (χ4v) is 2.62. The third-order valence-corrected chi connectivity index (χ3v) is 4.30. The molecule has 5 nitrogen and oxygen atoms in total. The summed E-state index contributed by atoms with van der Waals surface area (Å²) in [5.74, 6) is 0. The van der Waals surface area contributed by atoms with Gasteiger partial charge in [0.1, 0.15) is 0 Å². The Labute approximate surface area is 106 Å². The van der Waals surface area contributed by atoms with E-state index in [0.717, 1.165) is 11.6 Å². The Morgan fingerprint density at radius 3 is 2.65 bits per heavy atom. The van der Waals surface area contributed by atoms with Gasteiger partial charge in [0, 0.05) is 18.3 Å². The molecule has 0 saturated heterocycles. The standard InChI is InChI=1S/C11H22N4OS/c1-5-6-15-9(16)13-14-10(15)17-8(7-12)11(2,3)4/h8H,5-7,12H2,1-4H3,(H,13,16). The molecule has 0 aliphatic carbocycles. The number of nitrogens with one attached hydrogen (secondary N) is 1. The molecule has 0 amide bonds. The summed E-state index contributed by atoms with van der Waals surface area (Å²) in [6.45, 7) is 9.74. The van der Waals surface area contributed by atoms with Crippen molar-refractivity contribution in [3.05, 3.63) is 10.5 Å². The largest absolute Gasteiger partial charge is 0.343 e. The highest BCUT2D eigenvalue weighted by Crippen LogP contribution is 2.33. The summed E-state index contributed by atoms with van der Waals surface area (Å²) in [5.41, 5.74) is 5.74. The maximum atomic E-state index is 11.5. The fourth-order valence-electron chi connectivity index (χ4n) is 1.52. The van der Waals surface area contributed by atoms with Crippen LogP contribution in [-0.4, -0.2) is 26.6 Å². The molecule has 6 heteroatoms. The maximum absolute atomic E-state index is 11.5. The molecular formula is C11H22N4OS. The summed E-state index contributed by atoms with van der Waals surface area (Å²) in [7, 11) is 0. The van der Waals surface area contributed by atoms with Crippen LogP contribution in [0.1, 0.15) is 34.1 Å². The first-order chi connectivity index (χ1) is 7.90. The summed E-state index contributed by atoms with van der Waals surface area (Å²) in [5, 5.41) is 7.55. The number of hydrogen-bond acceptors (Lipinski definition) is 4. The molecule has 1 heterocycles. The van der Waals surface area contributed by atoms with Crippen LogP contribution in [0.15, 0.2) is 9.95 Å². The van der Waals surface area contributed by atoms with Crippen molar-refractivity contribution in [1.82, 2.24) is 14.8 Å². The first kappa shape index (κ1) is 14.3. The molecule has 3 N–H and O–H groups in total. The Hall–Kier alpha value is -0.750. The van der Waals surface area contributed by atoms with Gasteiger partial charge in [-0.25, -0.2) is 9.89 Å². The van der Waals surface area contributed by atoms with Gasteiger partial charge in [0.15, 0.2) is 5.16 Å². The second-order valence-corrected chi connectivity index (χ2v) is 6.34. The molecule has 0 spiro atoms. The average molecular weight is 258 g/mol. The van der Waals surface area contributed by atoms with Crippen molar-refractivity contribution < 1.29 is 0 Å². The summed E-state index contributed by atoms with van der Waals surface area (Å²) in [4.78, 5) is 11.5. The van der Waals surface area contributed by atoms with Crippen LogP contribution in [0.4, 0.5) is 0 Å². The minimum atomic E-state index is -0.140. The molecule has 0 radical (unpaired) electrons. The first-order valence-corrected chi connectivity index (χ1v) is 6.80. The second kappa shape index (κ2) is 5.73. The van der Waals surface area contributed by atoms with Crippen LogP contribution in [0.2, 0.25) is 0 Å². The number of H-pyrrole nitrogens is 1. The van der Waals surface area contributed by atoms with Crippen LogP contribution in [0.3, 0.4) is 0 Å². The molecule has 0 aliphatic rings. The van der Waals surface area contributed by atoms with Gasteiger partial charge in [-0.3, -0.25) is 4.57 Å². The summed E-state index contributed by atoms with van der Waals surface area (Å²) in [6, 6.07) is 0. The van der Waals surface area contributed by atoms with E-state index in [4.69, 9.17) is 5.73 Å². The van der Waals surface area contributed by atoms with Gasteiger partial charge in [-0.05, 0) is 11.8 Å². The number of nitrogens with zero attached hydrogens (tertiary/aromatic N) is 2. The predicted octanol–water partition coefficient (Wildman–Crippen LogP) is 1.45. The van der Waals surface area contributed by atoms with Crippen molar-refractivity contribution in [3.8, 4) is 0 Å². The van der Waals surface area contributed by atoms with Crippen molar-refractivity contribution >= 4 is 11.8 Å². The van der Waals surface area contributed by atoms with Crippen LogP contribution in [0, 0.1) is 5.41 Å². The number of aromatic nitrogens is 3. The zero-order chi connectivity index (χ0) is 13.1. The molecule has 98 valence electrons. The Morgan fingerprint density at radius 2 is 2.18 bits per heavy atom. The lowest BCUT2D eigenvalue weighted by Crippen LogP contribution is -2.31. The molecular weight excluding hydrogens is 236 g/mol. The predicted molar refractivity (Wildman–Crippen MR) is 71.3 cm³/mol. The third kappa shape index (κ3) is 3.61. The Morgan fingerprint density at radius 1 is 1.53 bits per heavy atom. The number of aromatic amines is 1. The lowest BCUT2D eigenvalue weighted by Gasteiger charge is -2.28. The molecule has 1 unspecified atom stereocenters. The zero-order valence-corrected chi connectivity index (χ0v) is 11.8. The van der Waals surface area contributed by atoms with E-state index < -0.39 is 0 Å². The lowest BCUT2D eigenvalue weighted by molar-refractivity contribution is 0.397. The highest BCUT2D eigenvalue weighted by atomic mass is 32.2. The van der Waals surface area contributed by atoms with Crippen LogP contribution >= 0.6 is 11.8 Å². The van der Waals surface area contributed by atoms with Crippen molar-refractivity contribution in [2.45, 2.75) is 51.1 Å². The average Bonchev–Trinajstić information content (AvgIpc) is 2.56. The van der Waals surface area contributed by atoms with E-state index in [1.54, 1.807) is 16.3 Å². The molecule has 0 saturated carbocycles. The van der Waals surface area contributed by atoms with E-state index in [1.807, 2.05) is 6.92 Å². The Kier molecular flexibility index (Phi) is 4.82. The maximum Gasteiger partial charge on any atom is 0.343 e. The van der Waals surface area contributed by atoms with Crippen LogP contribution in [0.5, 0.6) is 0 Å². The van der Waals surface area contributed by atoms with E-state index >= 15 is 0 Å². The molecule has 0 bridgehead atoms. The van der Waals surface area contributed by atoms with E-state index in [0.29, 0.717) is 13.1 Å². The summed E-state index contributed by atoms with van der Waals surface area (Å²) >= 11 is 1.58. The van der Waals surface area contributed by atoms with E-state index in [9.17, 15) is 4.79 Å². The molecule has 1 atom stereocenters. The molecule has 0 aliphatic heterocycles. The quantitative estimate of drug-likeness (QED) is 0.784. The van der Waals surface area contributed by atoms with Gasteiger partial charge in [0.2, 0.25) is 0 Å². The SMILES string of the molecule is CCCn1c(SC(CN)C(C)(C)C)n[nH]c1=O. The number of rotatable bonds is 5. The smallest absolute Gasteiger partial charge is 0.329 e. The highest BCUT2D eigenvalue weighted by Gasteiger charge is 2.26. The lowest BCUT2D eigenvalue weighted by atomic mass is 9.92. The molecule has 0 aromatic carbocycles. The van der Waals surface area contributed by atoms with Gasteiger partial charge < -0.3 is 5.73 Å². The minimum absolute atomic E-state index is 0.0887. The van der Waals surface area contributed by atoms with Crippen molar-refractivity contribution in [1.29, 1.82) is 0 Å². The van der Waals surface area contributed by atoms with Crippen LogP contribution in [0.25, 0.3) is 0 Å². The number of nitrogens with two attached hydrogens (primary N) is 1. The van der Waals surface area contributed by atoms with Gasteiger partial charge in [-0.15, -0.1) is 5.10 Å². The van der Waals surface area contributed by atoms with Gasteiger partial charge in [0.25, 0.3) is 0 Å². The molecule has 17 heavy (non-hydrogen) atoms. The molecule has 1 aromatic rings. The van der Waals surface area contributed by atoms with Crippen molar-refractivity contribution in [2.75, 3.05) is 6.54 Å². The Bertz CT molecular complexity index is 404. The van der Waals surface area contributed by atoms with Crippen molar-refractivity contribution in [3.63, 3.8) is 0 Å². The number of hydrogen-bond donors (Lipinski definition) is 2. The highest BCUT2D eigenvalue weighted by molar-refractivity contribution is 7.99. The van der Waals surface area contributed by atoms with Crippen molar-refractivity contribution in [2.24, 2.45) is 11.1 Å².